The van der Waals surface area contributed by atoms with Crippen LogP contribution in [0.15, 0.2) is 42.6 Å². The second kappa shape index (κ2) is 7.14. The molecule has 1 aromatic heterocycles. The van der Waals surface area contributed by atoms with Crippen LogP contribution in [0.25, 0.3) is 0 Å². The van der Waals surface area contributed by atoms with E-state index in [1.165, 1.54) is 0 Å². The molecule has 0 saturated carbocycles. The minimum atomic E-state index is 0.0605. The molecule has 0 N–H and O–H groups in total. The van der Waals surface area contributed by atoms with E-state index in [0.717, 1.165) is 30.9 Å². The average Bonchev–Trinajstić information content (AvgIpc) is 2.67. The number of pyridine rings is 1. The summed E-state index contributed by atoms with van der Waals surface area (Å²) in [5, 5.41) is 9.02. The van der Waals surface area contributed by atoms with E-state index in [1.807, 2.05) is 42.2 Å². The molecule has 1 amide bonds. The van der Waals surface area contributed by atoms with E-state index in [4.69, 9.17) is 5.26 Å². The SMILES string of the molecule is CCc1ncccc1C(=O)N1CCN(c2cccc(C#N)c2)CC1. The number of benzene rings is 1. The lowest BCUT2D eigenvalue weighted by Crippen LogP contribution is -2.49. The maximum Gasteiger partial charge on any atom is 0.255 e. The maximum absolute atomic E-state index is 12.7. The first-order valence-corrected chi connectivity index (χ1v) is 8.21. The summed E-state index contributed by atoms with van der Waals surface area (Å²) in [5.74, 6) is 0.0605. The molecule has 2 aromatic rings. The molecule has 1 aromatic carbocycles. The van der Waals surface area contributed by atoms with Crippen LogP contribution in [-0.4, -0.2) is 42.0 Å². The Morgan fingerprint density at radius 2 is 2.00 bits per heavy atom. The first-order valence-electron chi connectivity index (χ1n) is 8.21. The molecule has 0 radical (unpaired) electrons. The molecule has 122 valence electrons. The van der Waals surface area contributed by atoms with E-state index in [1.54, 1.807) is 12.3 Å². The molecule has 2 heterocycles. The highest BCUT2D eigenvalue weighted by Crippen LogP contribution is 2.19. The topological polar surface area (TPSA) is 60.2 Å². The van der Waals surface area contributed by atoms with Gasteiger partial charge in [-0.1, -0.05) is 13.0 Å². The number of carbonyl (C=O) groups is 1. The number of hydrogen-bond donors (Lipinski definition) is 0. The summed E-state index contributed by atoms with van der Waals surface area (Å²) in [6.45, 7) is 4.89. The van der Waals surface area contributed by atoms with Crippen molar-refractivity contribution < 1.29 is 4.79 Å². The van der Waals surface area contributed by atoms with Crippen molar-refractivity contribution in [3.05, 3.63) is 59.4 Å². The van der Waals surface area contributed by atoms with Crippen molar-refractivity contribution in [1.82, 2.24) is 9.88 Å². The van der Waals surface area contributed by atoms with Crippen molar-refractivity contribution >= 4 is 11.6 Å². The largest absolute Gasteiger partial charge is 0.368 e. The molecule has 0 bridgehead atoms. The fourth-order valence-corrected chi connectivity index (χ4v) is 3.02. The Balaban J connectivity index is 1.68. The van der Waals surface area contributed by atoms with Gasteiger partial charge in [-0.3, -0.25) is 9.78 Å². The second-order valence-corrected chi connectivity index (χ2v) is 5.79. The van der Waals surface area contributed by atoms with Crippen LogP contribution in [0.2, 0.25) is 0 Å². The van der Waals surface area contributed by atoms with Crippen LogP contribution in [-0.2, 0) is 6.42 Å². The Bertz CT molecular complexity index is 773. The fraction of sp³-hybridized carbons (Fsp3) is 0.316. The van der Waals surface area contributed by atoms with Crippen molar-refractivity contribution in [1.29, 1.82) is 5.26 Å². The van der Waals surface area contributed by atoms with Crippen LogP contribution < -0.4 is 4.90 Å². The molecule has 0 aliphatic carbocycles. The van der Waals surface area contributed by atoms with E-state index in [9.17, 15) is 4.79 Å². The summed E-state index contributed by atoms with van der Waals surface area (Å²) in [5.41, 5.74) is 3.26. The van der Waals surface area contributed by atoms with Gasteiger partial charge < -0.3 is 9.80 Å². The van der Waals surface area contributed by atoms with Crippen LogP contribution in [0.1, 0.15) is 28.5 Å². The van der Waals surface area contributed by atoms with Gasteiger partial charge in [-0.2, -0.15) is 5.26 Å². The molecule has 5 heteroatoms. The Morgan fingerprint density at radius 3 is 2.71 bits per heavy atom. The molecule has 24 heavy (non-hydrogen) atoms. The molecule has 1 fully saturated rings. The van der Waals surface area contributed by atoms with Crippen molar-refractivity contribution in [3.63, 3.8) is 0 Å². The van der Waals surface area contributed by atoms with E-state index < -0.39 is 0 Å². The van der Waals surface area contributed by atoms with Gasteiger partial charge in [-0.15, -0.1) is 0 Å². The molecule has 1 aliphatic heterocycles. The molecular weight excluding hydrogens is 300 g/mol. The van der Waals surface area contributed by atoms with E-state index in [0.29, 0.717) is 24.2 Å². The zero-order chi connectivity index (χ0) is 16.9. The lowest BCUT2D eigenvalue weighted by atomic mass is 10.1. The standard InChI is InChI=1S/C19H20N4O/c1-2-18-17(7-4-8-21-18)19(24)23-11-9-22(10-12-23)16-6-3-5-15(13-16)14-20/h3-8,13H,2,9-12H2,1H3. The zero-order valence-electron chi connectivity index (χ0n) is 13.8. The number of carbonyl (C=O) groups excluding carboxylic acids is 1. The molecular formula is C19H20N4O. The Labute approximate surface area is 142 Å². The zero-order valence-corrected chi connectivity index (χ0v) is 13.8. The molecule has 0 spiro atoms. The third kappa shape index (κ3) is 3.23. The average molecular weight is 320 g/mol. The number of nitriles is 1. The maximum atomic E-state index is 12.7. The molecule has 0 atom stereocenters. The monoisotopic (exact) mass is 320 g/mol. The summed E-state index contributed by atoms with van der Waals surface area (Å²) >= 11 is 0. The van der Waals surface area contributed by atoms with Crippen molar-refractivity contribution in [2.45, 2.75) is 13.3 Å². The number of anilines is 1. The van der Waals surface area contributed by atoms with Gasteiger partial charge in [0.2, 0.25) is 0 Å². The second-order valence-electron chi connectivity index (χ2n) is 5.79. The Kier molecular flexibility index (Phi) is 4.76. The van der Waals surface area contributed by atoms with E-state index in [2.05, 4.69) is 16.0 Å². The van der Waals surface area contributed by atoms with Crippen LogP contribution in [0.3, 0.4) is 0 Å². The third-order valence-electron chi connectivity index (χ3n) is 4.36. The highest BCUT2D eigenvalue weighted by molar-refractivity contribution is 5.95. The summed E-state index contributed by atoms with van der Waals surface area (Å²) < 4.78 is 0. The molecule has 1 aliphatic rings. The molecule has 1 saturated heterocycles. The highest BCUT2D eigenvalue weighted by atomic mass is 16.2. The van der Waals surface area contributed by atoms with Gasteiger partial charge in [0.1, 0.15) is 0 Å². The van der Waals surface area contributed by atoms with E-state index in [-0.39, 0.29) is 5.91 Å². The first-order chi connectivity index (χ1) is 11.7. The minimum absolute atomic E-state index is 0.0605. The van der Waals surface area contributed by atoms with Gasteiger partial charge in [0.25, 0.3) is 5.91 Å². The Hall–Kier alpha value is -2.87. The predicted octanol–water partition coefficient (Wildman–Crippen LogP) is 2.48. The summed E-state index contributed by atoms with van der Waals surface area (Å²) in [4.78, 5) is 21.2. The number of rotatable bonds is 3. The third-order valence-corrected chi connectivity index (χ3v) is 4.36. The number of hydrogen-bond acceptors (Lipinski definition) is 4. The van der Waals surface area contributed by atoms with Crippen molar-refractivity contribution in [3.8, 4) is 6.07 Å². The van der Waals surface area contributed by atoms with E-state index >= 15 is 0 Å². The summed E-state index contributed by atoms with van der Waals surface area (Å²) in [6.07, 6.45) is 2.48. The van der Waals surface area contributed by atoms with Crippen LogP contribution in [0.4, 0.5) is 5.69 Å². The van der Waals surface area contributed by atoms with Gasteiger partial charge in [0.15, 0.2) is 0 Å². The van der Waals surface area contributed by atoms with Gasteiger partial charge in [0.05, 0.1) is 22.9 Å². The summed E-state index contributed by atoms with van der Waals surface area (Å²) in [7, 11) is 0. The minimum Gasteiger partial charge on any atom is -0.368 e. The van der Waals surface area contributed by atoms with Gasteiger partial charge >= 0.3 is 0 Å². The lowest BCUT2D eigenvalue weighted by molar-refractivity contribution is 0.0745. The van der Waals surface area contributed by atoms with Gasteiger partial charge in [0, 0.05) is 38.1 Å². The molecule has 5 nitrogen and oxygen atoms in total. The van der Waals surface area contributed by atoms with Gasteiger partial charge in [-0.25, -0.2) is 0 Å². The highest BCUT2D eigenvalue weighted by Gasteiger charge is 2.24. The fourth-order valence-electron chi connectivity index (χ4n) is 3.02. The number of aromatic nitrogens is 1. The van der Waals surface area contributed by atoms with Crippen molar-refractivity contribution in [2.75, 3.05) is 31.1 Å². The van der Waals surface area contributed by atoms with Gasteiger partial charge in [-0.05, 0) is 36.8 Å². The lowest BCUT2D eigenvalue weighted by Gasteiger charge is -2.36. The molecule has 3 rings (SSSR count). The smallest absolute Gasteiger partial charge is 0.255 e. The first kappa shape index (κ1) is 16.0. The quantitative estimate of drug-likeness (QED) is 0.872. The number of piperazine rings is 1. The summed E-state index contributed by atoms with van der Waals surface area (Å²) in [6, 6.07) is 13.4. The predicted molar refractivity (Wildman–Crippen MR) is 92.9 cm³/mol. The number of nitrogens with zero attached hydrogens (tertiary/aromatic N) is 4. The van der Waals surface area contributed by atoms with Crippen molar-refractivity contribution in [2.24, 2.45) is 0 Å². The number of amides is 1. The van der Waals surface area contributed by atoms with Crippen LogP contribution >= 0.6 is 0 Å². The van der Waals surface area contributed by atoms with Crippen LogP contribution in [0, 0.1) is 11.3 Å². The normalized spacial score (nSPS) is 14.3. The van der Waals surface area contributed by atoms with Crippen LogP contribution in [0.5, 0.6) is 0 Å². The number of aryl methyl sites for hydroxylation is 1. The Morgan fingerprint density at radius 1 is 1.21 bits per heavy atom. The molecule has 0 unspecified atom stereocenters.